The van der Waals surface area contributed by atoms with E-state index in [1.165, 1.54) is 12.8 Å². The number of anilines is 1. The molecule has 1 aromatic carbocycles. The Morgan fingerprint density at radius 2 is 1.89 bits per heavy atom. The monoisotopic (exact) mass is 515 g/mol. The molecule has 0 amide bonds. The highest BCUT2D eigenvalue weighted by Crippen LogP contribution is 2.51. The van der Waals surface area contributed by atoms with Crippen LogP contribution < -0.4 is 4.72 Å². The van der Waals surface area contributed by atoms with Crippen molar-refractivity contribution in [2.45, 2.75) is 89.6 Å². The fraction of sp³-hybridized carbons (Fsp3) is 0.621. The van der Waals surface area contributed by atoms with E-state index in [0.717, 1.165) is 56.9 Å². The summed E-state index contributed by atoms with van der Waals surface area (Å²) in [5.41, 5.74) is 1.40. The number of ether oxygens (including phenoxy) is 1. The van der Waals surface area contributed by atoms with Crippen molar-refractivity contribution in [1.29, 1.82) is 0 Å². The highest BCUT2D eigenvalue weighted by atomic mass is 32.2. The van der Waals surface area contributed by atoms with Crippen molar-refractivity contribution in [2.24, 2.45) is 17.8 Å². The lowest BCUT2D eigenvalue weighted by Crippen LogP contribution is -2.45. The Bertz CT molecular complexity index is 1060. The number of aliphatic hydroxyl groups excluding tert-OH is 1. The molecule has 6 nitrogen and oxygen atoms in total. The van der Waals surface area contributed by atoms with E-state index in [2.05, 4.69) is 17.7 Å². The van der Waals surface area contributed by atoms with Crippen molar-refractivity contribution < 1.29 is 23.1 Å². The lowest BCUT2D eigenvalue weighted by Gasteiger charge is -2.39. The van der Waals surface area contributed by atoms with Crippen molar-refractivity contribution in [3.05, 3.63) is 53.8 Å². The summed E-state index contributed by atoms with van der Waals surface area (Å²) in [4.78, 5) is 13.2. The zero-order chi connectivity index (χ0) is 25.5. The minimum absolute atomic E-state index is 0.105. The zero-order valence-electron chi connectivity index (χ0n) is 21.4. The van der Waals surface area contributed by atoms with Crippen LogP contribution in [-0.2, 0) is 19.6 Å². The number of rotatable bonds is 12. The number of hydrogen-bond donors (Lipinski definition) is 2. The summed E-state index contributed by atoms with van der Waals surface area (Å²) >= 11 is 0. The number of benzene rings is 1. The van der Waals surface area contributed by atoms with E-state index in [9.17, 15) is 18.3 Å². The molecule has 0 bridgehead atoms. The number of unbranched alkanes of at least 4 members (excludes halogenated alkanes) is 5. The Hall–Kier alpha value is -2.12. The summed E-state index contributed by atoms with van der Waals surface area (Å²) in [7, 11) is -3.45. The number of allylic oxidation sites excluding steroid dienone is 3. The first-order valence-corrected chi connectivity index (χ1v) is 15.4. The highest BCUT2D eigenvalue weighted by molar-refractivity contribution is 7.92. The fourth-order valence-corrected chi connectivity index (χ4v) is 6.88. The van der Waals surface area contributed by atoms with Gasteiger partial charge in [-0.15, -0.1) is 0 Å². The fourth-order valence-electron chi connectivity index (χ4n) is 5.70. The average Bonchev–Trinajstić information content (AvgIpc) is 3.65. The number of sulfonamides is 1. The van der Waals surface area contributed by atoms with Crippen molar-refractivity contribution in [3.63, 3.8) is 0 Å². The van der Waals surface area contributed by atoms with Crippen LogP contribution in [0.1, 0.15) is 89.0 Å². The predicted molar refractivity (Wildman–Crippen MR) is 143 cm³/mol. The van der Waals surface area contributed by atoms with Crippen LogP contribution >= 0.6 is 0 Å². The van der Waals surface area contributed by atoms with Crippen molar-refractivity contribution in [3.8, 4) is 0 Å². The normalized spacial score (nSPS) is 25.2. The second kappa shape index (κ2) is 12.4. The van der Waals surface area contributed by atoms with Gasteiger partial charge in [-0.1, -0.05) is 63.3 Å². The first-order chi connectivity index (χ1) is 17.4. The molecule has 2 fully saturated rings. The van der Waals surface area contributed by atoms with Gasteiger partial charge in [-0.25, -0.2) is 8.42 Å². The Morgan fingerprint density at radius 1 is 1.11 bits per heavy atom. The molecule has 3 aliphatic rings. The topological polar surface area (TPSA) is 92.7 Å². The molecule has 1 heterocycles. The van der Waals surface area contributed by atoms with E-state index in [0.29, 0.717) is 17.9 Å². The Morgan fingerprint density at radius 3 is 2.67 bits per heavy atom. The van der Waals surface area contributed by atoms with Gasteiger partial charge in [0.1, 0.15) is 5.76 Å². The molecule has 1 aliphatic heterocycles. The van der Waals surface area contributed by atoms with Gasteiger partial charge < -0.3 is 9.84 Å². The van der Waals surface area contributed by atoms with E-state index >= 15 is 0 Å². The number of hydrogen-bond acceptors (Lipinski definition) is 5. The molecule has 36 heavy (non-hydrogen) atoms. The molecular weight excluding hydrogens is 474 g/mol. The number of aliphatic hydroxyl groups is 1. The Kier molecular flexibility index (Phi) is 9.29. The van der Waals surface area contributed by atoms with Crippen LogP contribution in [0.15, 0.2) is 48.3 Å². The molecule has 2 N–H and O–H groups in total. The van der Waals surface area contributed by atoms with Crippen LogP contribution in [0.2, 0.25) is 0 Å². The molecule has 4 atom stereocenters. The summed E-state index contributed by atoms with van der Waals surface area (Å²) in [6.07, 6.45) is 15.7. The van der Waals surface area contributed by atoms with E-state index in [4.69, 9.17) is 4.74 Å². The largest absolute Gasteiger partial charge is 0.430 e. The van der Waals surface area contributed by atoms with Gasteiger partial charge in [-0.2, -0.15) is 0 Å². The third-order valence-electron chi connectivity index (χ3n) is 7.75. The minimum atomic E-state index is -3.45. The molecule has 1 aromatic rings. The molecule has 0 radical (unpaired) electrons. The number of carbonyl (C=O) groups is 1. The standard InChI is InChI=1S/C29H41NO5S/c1-2-3-4-5-8-11-19-36(33,34)30-23-14-12-13-22(20-23)26(21-17-18-21)27-28(31)24-15-9-6-7-10-16-25(24)35-29(27)32/h7,10,12-14,16,20-21,24,26-28,30-31H,2-6,8-9,11,15,17-19H2,1H3. The molecule has 0 aromatic heterocycles. The molecule has 7 heteroatoms. The van der Waals surface area contributed by atoms with Crippen LogP contribution in [0, 0.1) is 17.8 Å². The first kappa shape index (κ1) is 26.9. The van der Waals surface area contributed by atoms with Gasteiger partial charge in [0.15, 0.2) is 0 Å². The van der Waals surface area contributed by atoms with Gasteiger partial charge in [-0.3, -0.25) is 9.52 Å². The predicted octanol–water partition coefficient (Wildman–Crippen LogP) is 6.06. The molecular formula is C29H41NO5S. The molecule has 2 aliphatic carbocycles. The lowest BCUT2D eigenvalue weighted by atomic mass is 9.72. The number of carbonyl (C=O) groups excluding carboxylic acids is 1. The van der Waals surface area contributed by atoms with Gasteiger partial charge in [-0.05, 0) is 68.2 Å². The van der Waals surface area contributed by atoms with Gasteiger partial charge >= 0.3 is 5.97 Å². The molecule has 198 valence electrons. The van der Waals surface area contributed by atoms with Crippen LogP contribution in [0.3, 0.4) is 0 Å². The molecule has 4 unspecified atom stereocenters. The van der Waals surface area contributed by atoms with Gasteiger partial charge in [0.05, 0.1) is 17.8 Å². The van der Waals surface area contributed by atoms with E-state index < -0.39 is 22.0 Å². The van der Waals surface area contributed by atoms with Gasteiger partial charge in [0.25, 0.3) is 0 Å². The van der Waals surface area contributed by atoms with Crippen LogP contribution in [0.4, 0.5) is 5.69 Å². The second-order valence-corrected chi connectivity index (χ2v) is 12.5. The first-order valence-electron chi connectivity index (χ1n) is 13.8. The second-order valence-electron chi connectivity index (χ2n) is 10.6. The number of fused-ring (bicyclic) bond motifs is 1. The maximum absolute atomic E-state index is 13.2. The third kappa shape index (κ3) is 7.00. The quantitative estimate of drug-likeness (QED) is 0.261. The molecule has 1 saturated heterocycles. The zero-order valence-corrected chi connectivity index (χ0v) is 22.2. The van der Waals surface area contributed by atoms with Gasteiger partial charge in [0, 0.05) is 17.5 Å². The summed E-state index contributed by atoms with van der Waals surface area (Å²) in [5.74, 6) is -0.482. The van der Waals surface area contributed by atoms with Crippen LogP contribution in [-0.4, -0.2) is 31.4 Å². The lowest BCUT2D eigenvalue weighted by molar-refractivity contribution is -0.160. The van der Waals surface area contributed by atoms with E-state index in [1.54, 1.807) is 6.07 Å². The Balaban J connectivity index is 1.47. The molecule has 1 saturated carbocycles. The summed E-state index contributed by atoms with van der Waals surface area (Å²) in [6.45, 7) is 2.17. The van der Waals surface area contributed by atoms with Crippen molar-refractivity contribution >= 4 is 21.7 Å². The SMILES string of the molecule is CCCCCCCCS(=O)(=O)Nc1cccc(C(C2CC2)C2C(=O)OC3=CC=CCCCC3C2O)c1. The molecule has 0 spiro atoms. The summed E-state index contributed by atoms with van der Waals surface area (Å²) in [5, 5.41) is 11.4. The van der Waals surface area contributed by atoms with E-state index in [-0.39, 0.29) is 29.5 Å². The maximum Gasteiger partial charge on any atom is 0.317 e. The van der Waals surface area contributed by atoms with Crippen LogP contribution in [0.25, 0.3) is 0 Å². The smallest absolute Gasteiger partial charge is 0.317 e. The van der Waals surface area contributed by atoms with Gasteiger partial charge in [0.2, 0.25) is 10.0 Å². The maximum atomic E-state index is 13.2. The summed E-state index contributed by atoms with van der Waals surface area (Å²) in [6, 6.07) is 7.37. The van der Waals surface area contributed by atoms with Crippen molar-refractivity contribution in [1.82, 2.24) is 0 Å². The van der Waals surface area contributed by atoms with E-state index in [1.807, 2.05) is 30.4 Å². The third-order valence-corrected chi connectivity index (χ3v) is 9.12. The minimum Gasteiger partial charge on any atom is -0.430 e. The Labute approximate surface area is 216 Å². The number of nitrogens with one attached hydrogen (secondary N) is 1. The number of esters is 1. The summed E-state index contributed by atoms with van der Waals surface area (Å²) < 4.78 is 33.9. The highest BCUT2D eigenvalue weighted by Gasteiger charge is 2.50. The average molecular weight is 516 g/mol. The van der Waals surface area contributed by atoms with Crippen molar-refractivity contribution in [2.75, 3.05) is 10.5 Å². The molecule has 4 rings (SSSR count). The van der Waals surface area contributed by atoms with Crippen LogP contribution in [0.5, 0.6) is 0 Å².